The topological polar surface area (TPSA) is 54.0 Å². The summed E-state index contributed by atoms with van der Waals surface area (Å²) < 4.78 is 0. The second-order valence-corrected chi connectivity index (χ2v) is 7.06. The number of carbonyl (C=O) groups is 1. The van der Waals surface area contributed by atoms with Gasteiger partial charge in [0.2, 0.25) is 0 Å². The monoisotopic (exact) mass is 329 g/mol. The van der Waals surface area contributed by atoms with Crippen molar-refractivity contribution in [2.75, 3.05) is 19.6 Å². The number of nitrogens with one attached hydrogen (secondary N) is 2. The molecule has 122 valence electrons. The molecule has 3 rings (SSSR count). The molecular formula is C18H23N3OS. The molecule has 1 aromatic carbocycles. The molecule has 0 aliphatic carbocycles. The maximum atomic E-state index is 12.4. The van der Waals surface area contributed by atoms with Crippen molar-refractivity contribution in [1.29, 1.82) is 0 Å². The Kier molecular flexibility index (Phi) is 5.41. The van der Waals surface area contributed by atoms with Crippen LogP contribution < -0.4 is 10.6 Å². The molecule has 0 spiro atoms. The van der Waals surface area contributed by atoms with Crippen molar-refractivity contribution in [2.45, 2.75) is 26.2 Å². The van der Waals surface area contributed by atoms with Crippen molar-refractivity contribution in [2.24, 2.45) is 5.92 Å². The van der Waals surface area contributed by atoms with E-state index in [9.17, 15) is 4.79 Å². The zero-order valence-electron chi connectivity index (χ0n) is 13.5. The highest BCUT2D eigenvalue weighted by molar-refractivity contribution is 7.17. The molecule has 1 atom stereocenters. The average molecular weight is 329 g/mol. The van der Waals surface area contributed by atoms with Gasteiger partial charge in [-0.15, -0.1) is 11.3 Å². The van der Waals surface area contributed by atoms with E-state index in [4.69, 9.17) is 0 Å². The van der Waals surface area contributed by atoms with Crippen LogP contribution in [-0.4, -0.2) is 30.5 Å². The summed E-state index contributed by atoms with van der Waals surface area (Å²) in [5, 5.41) is 7.38. The van der Waals surface area contributed by atoms with Crippen molar-refractivity contribution in [3.63, 3.8) is 0 Å². The Labute approximate surface area is 141 Å². The van der Waals surface area contributed by atoms with E-state index in [2.05, 4.69) is 15.6 Å². The quantitative estimate of drug-likeness (QED) is 0.885. The number of hydrogen-bond donors (Lipinski definition) is 2. The summed E-state index contributed by atoms with van der Waals surface area (Å²) in [6.45, 7) is 4.85. The Balaban J connectivity index is 1.58. The predicted octanol–water partition coefficient (Wildman–Crippen LogP) is 3.24. The molecule has 1 saturated heterocycles. The summed E-state index contributed by atoms with van der Waals surface area (Å²) >= 11 is 1.47. The highest BCUT2D eigenvalue weighted by atomic mass is 32.1. The van der Waals surface area contributed by atoms with Crippen molar-refractivity contribution < 1.29 is 4.79 Å². The summed E-state index contributed by atoms with van der Waals surface area (Å²) in [7, 11) is 0. The highest BCUT2D eigenvalue weighted by Crippen LogP contribution is 2.27. The number of benzene rings is 1. The Morgan fingerprint density at radius 1 is 1.39 bits per heavy atom. The van der Waals surface area contributed by atoms with Crippen LogP contribution >= 0.6 is 11.3 Å². The molecule has 0 saturated carbocycles. The lowest BCUT2D eigenvalue weighted by molar-refractivity contribution is 0.0954. The number of aryl methyl sites for hydroxylation is 1. The van der Waals surface area contributed by atoms with Gasteiger partial charge in [-0.1, -0.05) is 30.3 Å². The van der Waals surface area contributed by atoms with Crippen LogP contribution in [0, 0.1) is 12.8 Å². The molecule has 1 aromatic heterocycles. The second-order valence-electron chi connectivity index (χ2n) is 6.06. The Morgan fingerprint density at radius 2 is 2.22 bits per heavy atom. The van der Waals surface area contributed by atoms with Gasteiger partial charge in [0.25, 0.3) is 5.91 Å². The molecule has 1 aliphatic heterocycles. The van der Waals surface area contributed by atoms with E-state index < -0.39 is 0 Å². The lowest BCUT2D eigenvalue weighted by Crippen LogP contribution is -2.33. The third-order valence-corrected chi connectivity index (χ3v) is 5.47. The largest absolute Gasteiger partial charge is 0.351 e. The van der Waals surface area contributed by atoms with E-state index in [0.29, 0.717) is 5.92 Å². The fourth-order valence-corrected chi connectivity index (χ4v) is 3.94. The molecule has 1 aliphatic rings. The van der Waals surface area contributed by atoms with Crippen molar-refractivity contribution in [1.82, 2.24) is 15.6 Å². The highest BCUT2D eigenvalue weighted by Gasteiger charge is 2.17. The molecule has 2 heterocycles. The van der Waals surface area contributed by atoms with Gasteiger partial charge in [-0.05, 0) is 45.2 Å². The smallest absolute Gasteiger partial charge is 0.263 e. The third-order valence-electron chi connectivity index (χ3n) is 4.26. The van der Waals surface area contributed by atoms with E-state index in [1.807, 2.05) is 37.3 Å². The van der Waals surface area contributed by atoms with Crippen molar-refractivity contribution in [3.8, 4) is 10.6 Å². The molecule has 1 fully saturated rings. The Bertz CT molecular complexity index is 648. The van der Waals surface area contributed by atoms with E-state index in [1.165, 1.54) is 24.2 Å². The van der Waals surface area contributed by atoms with Crippen LogP contribution in [0.1, 0.15) is 34.6 Å². The second kappa shape index (κ2) is 7.70. The van der Waals surface area contributed by atoms with Gasteiger partial charge in [-0.2, -0.15) is 0 Å². The number of aromatic nitrogens is 1. The molecule has 23 heavy (non-hydrogen) atoms. The molecular weight excluding hydrogens is 306 g/mol. The summed E-state index contributed by atoms with van der Waals surface area (Å²) in [4.78, 5) is 17.7. The van der Waals surface area contributed by atoms with Crippen molar-refractivity contribution in [3.05, 3.63) is 40.9 Å². The van der Waals surface area contributed by atoms with Crippen LogP contribution in [0.5, 0.6) is 0 Å². The number of amides is 1. The van der Waals surface area contributed by atoms with E-state index in [-0.39, 0.29) is 5.91 Å². The first-order valence-corrected chi connectivity index (χ1v) is 9.07. The minimum Gasteiger partial charge on any atom is -0.351 e. The zero-order valence-corrected chi connectivity index (χ0v) is 14.3. The first-order chi connectivity index (χ1) is 11.2. The van der Waals surface area contributed by atoms with Crippen LogP contribution in [0.4, 0.5) is 0 Å². The van der Waals surface area contributed by atoms with Gasteiger partial charge in [-0.3, -0.25) is 4.79 Å². The first-order valence-electron chi connectivity index (χ1n) is 8.26. The lowest BCUT2D eigenvalue weighted by atomic mass is 9.96. The predicted molar refractivity (Wildman–Crippen MR) is 94.8 cm³/mol. The molecule has 2 aromatic rings. The maximum Gasteiger partial charge on any atom is 0.263 e. The van der Waals surface area contributed by atoms with Gasteiger partial charge < -0.3 is 10.6 Å². The van der Waals surface area contributed by atoms with Gasteiger partial charge in [-0.25, -0.2) is 4.98 Å². The minimum atomic E-state index is 0.00551. The van der Waals surface area contributed by atoms with Crippen LogP contribution in [0.15, 0.2) is 30.3 Å². The normalized spacial score (nSPS) is 17.9. The fraction of sp³-hybridized carbons (Fsp3) is 0.444. The van der Waals surface area contributed by atoms with Crippen molar-refractivity contribution >= 4 is 17.2 Å². The molecule has 2 N–H and O–H groups in total. The Morgan fingerprint density at radius 3 is 2.96 bits per heavy atom. The minimum absolute atomic E-state index is 0.00551. The third kappa shape index (κ3) is 4.18. The summed E-state index contributed by atoms with van der Waals surface area (Å²) in [5.41, 5.74) is 1.87. The molecule has 5 heteroatoms. The number of nitrogens with zero attached hydrogens (tertiary/aromatic N) is 1. The maximum absolute atomic E-state index is 12.4. The van der Waals surface area contributed by atoms with Crippen LogP contribution in [0.25, 0.3) is 10.6 Å². The number of carbonyl (C=O) groups excluding carboxylic acids is 1. The summed E-state index contributed by atoms with van der Waals surface area (Å²) in [5.74, 6) is 0.692. The Hall–Kier alpha value is -1.72. The van der Waals surface area contributed by atoms with Crippen LogP contribution in [0.3, 0.4) is 0 Å². The fourth-order valence-electron chi connectivity index (χ4n) is 2.95. The van der Waals surface area contributed by atoms with E-state index in [1.54, 1.807) is 0 Å². The molecule has 4 nitrogen and oxygen atoms in total. The average Bonchev–Trinajstić information content (AvgIpc) is 2.98. The summed E-state index contributed by atoms with van der Waals surface area (Å²) in [6.07, 6.45) is 3.55. The molecule has 0 bridgehead atoms. The molecule has 0 radical (unpaired) electrons. The molecule has 1 unspecified atom stereocenters. The van der Waals surface area contributed by atoms with Gasteiger partial charge in [0.05, 0.1) is 5.69 Å². The van der Waals surface area contributed by atoms with Crippen LogP contribution in [-0.2, 0) is 0 Å². The lowest BCUT2D eigenvalue weighted by Gasteiger charge is -2.22. The zero-order chi connectivity index (χ0) is 16.1. The number of piperidine rings is 1. The van der Waals surface area contributed by atoms with Gasteiger partial charge in [0, 0.05) is 12.1 Å². The van der Waals surface area contributed by atoms with Gasteiger partial charge in [0.15, 0.2) is 0 Å². The van der Waals surface area contributed by atoms with E-state index in [0.717, 1.165) is 47.2 Å². The number of hydrogen-bond acceptors (Lipinski definition) is 4. The van der Waals surface area contributed by atoms with Crippen LogP contribution in [0.2, 0.25) is 0 Å². The summed E-state index contributed by atoms with van der Waals surface area (Å²) in [6, 6.07) is 10.0. The number of rotatable bonds is 5. The SMILES string of the molecule is Cc1nc(-c2ccccc2)sc1C(=O)NCCC1CCCNC1. The first kappa shape index (κ1) is 16.1. The van der Waals surface area contributed by atoms with E-state index >= 15 is 0 Å². The standard InChI is InChI=1S/C18H23N3OS/c1-13-16(23-18(21-13)15-7-3-2-4-8-15)17(22)20-11-9-14-6-5-10-19-12-14/h2-4,7-8,14,19H,5-6,9-12H2,1H3,(H,20,22). The number of thiazole rings is 1. The van der Waals surface area contributed by atoms with Gasteiger partial charge in [0.1, 0.15) is 9.88 Å². The molecule has 1 amide bonds. The van der Waals surface area contributed by atoms with Gasteiger partial charge >= 0.3 is 0 Å².